The van der Waals surface area contributed by atoms with Crippen molar-refractivity contribution in [2.45, 2.75) is 51.6 Å². The molecule has 2 bridgehead atoms. The van der Waals surface area contributed by atoms with Crippen LogP contribution in [-0.4, -0.2) is 63.4 Å². The highest BCUT2D eigenvalue weighted by molar-refractivity contribution is 5.79. The molecule has 2 unspecified atom stereocenters. The number of amides is 1. The van der Waals surface area contributed by atoms with E-state index in [1.54, 1.807) is 6.08 Å². The van der Waals surface area contributed by atoms with E-state index in [1.165, 1.54) is 0 Å². The molecule has 3 aliphatic rings. The Kier molecular flexibility index (Phi) is 5.00. The van der Waals surface area contributed by atoms with Crippen LogP contribution in [0.5, 0.6) is 0 Å². The summed E-state index contributed by atoms with van der Waals surface area (Å²) in [6.07, 6.45) is 6.06. The van der Waals surface area contributed by atoms with Crippen LogP contribution in [0.2, 0.25) is 0 Å². The van der Waals surface area contributed by atoms with Gasteiger partial charge in [0.2, 0.25) is 5.91 Å². The maximum Gasteiger partial charge on any atom is 0.227 e. The van der Waals surface area contributed by atoms with E-state index >= 15 is 0 Å². The molecule has 1 aromatic heterocycles. The Balaban J connectivity index is 1.63. The molecule has 0 radical (unpaired) electrons. The minimum Gasteiger partial charge on any atom is -0.342 e. The summed E-state index contributed by atoms with van der Waals surface area (Å²) in [5.74, 6) is 0.889. The molecule has 0 spiro atoms. The van der Waals surface area contributed by atoms with E-state index in [2.05, 4.69) is 48.8 Å². The Hall–Kier alpha value is -1.69. The van der Waals surface area contributed by atoms with Gasteiger partial charge in [0.25, 0.3) is 0 Å². The number of aromatic nitrogens is 3. The first-order valence-corrected chi connectivity index (χ1v) is 9.30. The Morgan fingerprint density at radius 2 is 2.24 bits per heavy atom. The molecule has 4 atom stereocenters. The van der Waals surface area contributed by atoms with E-state index in [-0.39, 0.29) is 17.2 Å². The summed E-state index contributed by atoms with van der Waals surface area (Å²) in [5, 5.41) is 8.65. The third-order valence-corrected chi connectivity index (χ3v) is 5.68. The monoisotopic (exact) mass is 345 g/mol. The van der Waals surface area contributed by atoms with Crippen molar-refractivity contribution in [1.29, 1.82) is 0 Å². The molecule has 0 saturated carbocycles. The van der Waals surface area contributed by atoms with E-state index in [4.69, 9.17) is 0 Å². The first-order valence-electron chi connectivity index (χ1n) is 9.30. The second kappa shape index (κ2) is 6.90. The number of hydrogen-bond donors (Lipinski definition) is 0. The second-order valence-corrected chi connectivity index (χ2v) is 8.62. The van der Waals surface area contributed by atoms with Crippen LogP contribution in [0.4, 0.5) is 0 Å². The standard InChI is InChI=1S/C19H31N5O/c1-6-8-22(5)18(25)16-12-23-9-7-14(16)10-15(23)11-24-13-17(20-21-24)19(2,3)4/h6,13-16H,1,7-12H2,2-5H3/t14?,15-,16+/m1/s1. The molecule has 138 valence electrons. The van der Waals surface area contributed by atoms with Gasteiger partial charge in [-0.25, -0.2) is 0 Å². The third-order valence-electron chi connectivity index (χ3n) is 5.68. The SMILES string of the molecule is C=CCN(C)C(=O)[C@H]1CN2CCC1C[C@@H]2Cn1cc(C(C)(C)C)nn1. The van der Waals surface area contributed by atoms with E-state index in [0.29, 0.717) is 18.5 Å². The highest BCUT2D eigenvalue weighted by atomic mass is 16.2. The number of rotatable bonds is 5. The first-order chi connectivity index (χ1) is 11.8. The second-order valence-electron chi connectivity index (χ2n) is 8.62. The Morgan fingerprint density at radius 1 is 1.48 bits per heavy atom. The number of nitrogens with zero attached hydrogens (tertiary/aromatic N) is 5. The molecule has 6 nitrogen and oxygen atoms in total. The van der Waals surface area contributed by atoms with Gasteiger partial charge in [0.05, 0.1) is 18.2 Å². The fourth-order valence-corrected chi connectivity index (χ4v) is 4.12. The number of fused-ring (bicyclic) bond motifs is 3. The van der Waals surface area contributed by atoms with Gasteiger partial charge >= 0.3 is 0 Å². The normalized spacial score (nSPS) is 28.8. The average molecular weight is 345 g/mol. The molecule has 4 rings (SSSR count). The van der Waals surface area contributed by atoms with Gasteiger partial charge < -0.3 is 4.90 Å². The lowest BCUT2D eigenvalue weighted by Crippen LogP contribution is -2.58. The zero-order valence-electron chi connectivity index (χ0n) is 16.0. The Morgan fingerprint density at radius 3 is 2.80 bits per heavy atom. The zero-order valence-corrected chi connectivity index (χ0v) is 16.0. The molecule has 0 aromatic carbocycles. The molecule has 0 N–H and O–H groups in total. The lowest BCUT2D eigenvalue weighted by Gasteiger charge is -2.49. The van der Waals surface area contributed by atoms with Gasteiger partial charge in [-0.2, -0.15) is 0 Å². The Bertz CT molecular complexity index is 632. The van der Waals surface area contributed by atoms with Crippen molar-refractivity contribution in [3.05, 3.63) is 24.5 Å². The highest BCUT2D eigenvalue weighted by Crippen LogP contribution is 2.37. The number of piperidine rings is 3. The molecule has 3 fully saturated rings. The molecule has 1 aromatic rings. The van der Waals surface area contributed by atoms with Crippen molar-refractivity contribution in [3.8, 4) is 0 Å². The minimum atomic E-state index is 0.0252. The maximum absolute atomic E-state index is 12.7. The average Bonchev–Trinajstić information content (AvgIpc) is 3.04. The van der Waals surface area contributed by atoms with Crippen LogP contribution in [0.15, 0.2) is 18.9 Å². The molecule has 0 aliphatic carbocycles. The Labute approximate surface area is 150 Å². The molecular weight excluding hydrogens is 314 g/mol. The van der Waals surface area contributed by atoms with Crippen LogP contribution in [0.3, 0.4) is 0 Å². The van der Waals surface area contributed by atoms with Gasteiger partial charge in [-0.05, 0) is 25.3 Å². The van der Waals surface area contributed by atoms with Gasteiger partial charge in [-0.15, -0.1) is 11.7 Å². The third kappa shape index (κ3) is 3.78. The van der Waals surface area contributed by atoms with Crippen LogP contribution in [0, 0.1) is 11.8 Å². The van der Waals surface area contributed by atoms with Crippen LogP contribution >= 0.6 is 0 Å². The molecule has 3 aliphatic heterocycles. The summed E-state index contributed by atoms with van der Waals surface area (Å²) in [6, 6.07) is 0.460. The smallest absolute Gasteiger partial charge is 0.227 e. The van der Waals surface area contributed by atoms with Crippen molar-refractivity contribution in [3.63, 3.8) is 0 Å². The number of hydrogen-bond acceptors (Lipinski definition) is 4. The van der Waals surface area contributed by atoms with Gasteiger partial charge in [-0.3, -0.25) is 14.4 Å². The lowest BCUT2D eigenvalue weighted by molar-refractivity contribution is -0.142. The van der Waals surface area contributed by atoms with Crippen molar-refractivity contribution in [2.24, 2.45) is 11.8 Å². The van der Waals surface area contributed by atoms with E-state index in [1.807, 2.05) is 16.6 Å². The van der Waals surface area contributed by atoms with Gasteiger partial charge in [0, 0.05) is 37.8 Å². The molecular formula is C19H31N5O. The van der Waals surface area contributed by atoms with Crippen molar-refractivity contribution in [1.82, 2.24) is 24.8 Å². The van der Waals surface area contributed by atoms with E-state index < -0.39 is 0 Å². The lowest BCUT2D eigenvalue weighted by atomic mass is 9.75. The van der Waals surface area contributed by atoms with Gasteiger partial charge in [0.1, 0.15) is 0 Å². The predicted molar refractivity (Wildman–Crippen MR) is 98.1 cm³/mol. The number of likely N-dealkylation sites (N-methyl/N-ethyl adjacent to an activating group) is 1. The fraction of sp³-hybridized carbons (Fsp3) is 0.737. The summed E-state index contributed by atoms with van der Waals surface area (Å²) in [7, 11) is 1.88. The van der Waals surface area contributed by atoms with Gasteiger partial charge in [0.15, 0.2) is 0 Å². The van der Waals surface area contributed by atoms with E-state index in [9.17, 15) is 4.79 Å². The summed E-state index contributed by atoms with van der Waals surface area (Å²) < 4.78 is 1.98. The van der Waals surface area contributed by atoms with Crippen LogP contribution in [0.1, 0.15) is 39.3 Å². The van der Waals surface area contributed by atoms with Crippen LogP contribution < -0.4 is 0 Å². The van der Waals surface area contributed by atoms with Crippen molar-refractivity contribution < 1.29 is 4.79 Å². The predicted octanol–water partition coefficient (Wildman–Crippen LogP) is 1.93. The molecule has 3 saturated heterocycles. The van der Waals surface area contributed by atoms with Crippen LogP contribution in [-0.2, 0) is 16.8 Å². The molecule has 25 heavy (non-hydrogen) atoms. The van der Waals surface area contributed by atoms with Crippen molar-refractivity contribution >= 4 is 5.91 Å². The molecule has 1 amide bonds. The van der Waals surface area contributed by atoms with Gasteiger partial charge in [-0.1, -0.05) is 32.1 Å². The van der Waals surface area contributed by atoms with Crippen molar-refractivity contribution in [2.75, 3.05) is 26.7 Å². The molecule has 6 heteroatoms. The summed E-state index contributed by atoms with van der Waals surface area (Å²) >= 11 is 0. The molecule has 4 heterocycles. The summed E-state index contributed by atoms with van der Waals surface area (Å²) in [6.45, 7) is 13.7. The summed E-state index contributed by atoms with van der Waals surface area (Å²) in [4.78, 5) is 17.0. The van der Waals surface area contributed by atoms with Crippen LogP contribution in [0.25, 0.3) is 0 Å². The topological polar surface area (TPSA) is 54.3 Å². The van der Waals surface area contributed by atoms with E-state index in [0.717, 1.165) is 38.2 Å². The number of carbonyl (C=O) groups excluding carboxylic acids is 1. The largest absolute Gasteiger partial charge is 0.342 e. The first kappa shape index (κ1) is 18.1. The highest BCUT2D eigenvalue weighted by Gasteiger charge is 2.44. The quantitative estimate of drug-likeness (QED) is 0.765. The minimum absolute atomic E-state index is 0.0252. The summed E-state index contributed by atoms with van der Waals surface area (Å²) in [5.41, 5.74) is 1.06. The fourth-order valence-electron chi connectivity index (χ4n) is 4.12. The number of carbonyl (C=O) groups is 1. The maximum atomic E-state index is 12.7. The zero-order chi connectivity index (χ0) is 18.2.